The Morgan fingerprint density at radius 3 is 2.63 bits per heavy atom. The number of hydrogen-bond donors (Lipinski definition) is 0. The number of aromatic nitrogens is 2. The summed E-state index contributed by atoms with van der Waals surface area (Å²) < 4.78 is 44.0. The predicted octanol–water partition coefficient (Wildman–Crippen LogP) is 2.80. The Hall–Kier alpha value is -2.35. The van der Waals surface area contributed by atoms with Gasteiger partial charge in [0.15, 0.2) is 0 Å². The second-order valence-electron chi connectivity index (χ2n) is 6.88. The van der Waals surface area contributed by atoms with Gasteiger partial charge in [0, 0.05) is 45.2 Å². The molecule has 0 spiro atoms. The molecule has 0 amide bonds. The highest BCUT2D eigenvalue weighted by atomic mass is 19.4. The fourth-order valence-electron chi connectivity index (χ4n) is 3.56. The predicted molar refractivity (Wildman–Crippen MR) is 95.0 cm³/mol. The molecule has 2 aromatic rings. The van der Waals surface area contributed by atoms with E-state index in [1.165, 1.54) is 11.1 Å². The van der Waals surface area contributed by atoms with Crippen molar-refractivity contribution in [3.63, 3.8) is 0 Å². The van der Waals surface area contributed by atoms with Gasteiger partial charge in [-0.2, -0.15) is 13.2 Å². The zero-order chi connectivity index (χ0) is 18.9. The lowest BCUT2D eigenvalue weighted by Crippen LogP contribution is -2.47. The van der Waals surface area contributed by atoms with Crippen molar-refractivity contribution in [2.45, 2.75) is 19.0 Å². The number of alkyl halides is 3. The summed E-state index contributed by atoms with van der Waals surface area (Å²) in [4.78, 5) is 11.6. The highest BCUT2D eigenvalue weighted by Gasteiger charge is 2.33. The fraction of sp³-hybridized carbons (Fsp3) is 0.474. The first-order chi connectivity index (χ1) is 13.0. The van der Waals surface area contributed by atoms with E-state index < -0.39 is 11.9 Å². The van der Waals surface area contributed by atoms with Crippen molar-refractivity contribution in [1.82, 2.24) is 14.9 Å². The van der Waals surface area contributed by atoms with Gasteiger partial charge in [-0.05, 0) is 23.6 Å². The van der Waals surface area contributed by atoms with Crippen LogP contribution < -0.4 is 9.64 Å². The highest BCUT2D eigenvalue weighted by Crippen LogP contribution is 2.29. The van der Waals surface area contributed by atoms with Gasteiger partial charge in [-0.25, -0.2) is 9.97 Å². The van der Waals surface area contributed by atoms with Gasteiger partial charge in [0.05, 0.1) is 6.61 Å². The summed E-state index contributed by atoms with van der Waals surface area (Å²) in [5.41, 5.74) is 1.68. The minimum Gasteiger partial charge on any atom is -0.493 e. The summed E-state index contributed by atoms with van der Waals surface area (Å²) in [6, 6.07) is 7.41. The van der Waals surface area contributed by atoms with Gasteiger partial charge in [0.2, 0.25) is 0 Å². The third kappa shape index (κ3) is 4.16. The molecule has 1 saturated heterocycles. The van der Waals surface area contributed by atoms with Crippen LogP contribution in [0.5, 0.6) is 5.75 Å². The molecule has 0 N–H and O–H groups in total. The lowest BCUT2D eigenvalue weighted by atomic mass is 10.1. The number of fused-ring (bicyclic) bond motifs is 1. The molecular formula is C19H21F3N4O. The van der Waals surface area contributed by atoms with Crippen LogP contribution in [0.15, 0.2) is 30.6 Å². The Morgan fingerprint density at radius 2 is 1.85 bits per heavy atom. The van der Waals surface area contributed by atoms with Gasteiger partial charge in [0.25, 0.3) is 0 Å². The van der Waals surface area contributed by atoms with Crippen LogP contribution in [0, 0.1) is 0 Å². The van der Waals surface area contributed by atoms with Crippen LogP contribution >= 0.6 is 0 Å². The number of benzene rings is 1. The van der Waals surface area contributed by atoms with Crippen LogP contribution in [0.4, 0.5) is 19.0 Å². The molecule has 8 heteroatoms. The molecule has 0 unspecified atom stereocenters. The smallest absolute Gasteiger partial charge is 0.433 e. The van der Waals surface area contributed by atoms with Crippen molar-refractivity contribution in [2.75, 3.05) is 44.2 Å². The van der Waals surface area contributed by atoms with Crippen molar-refractivity contribution in [3.8, 4) is 5.75 Å². The summed E-state index contributed by atoms with van der Waals surface area (Å²) in [7, 11) is 0. The molecule has 5 nitrogen and oxygen atoms in total. The van der Waals surface area contributed by atoms with Crippen molar-refractivity contribution in [1.29, 1.82) is 0 Å². The number of nitrogens with zero attached hydrogens (tertiary/aromatic N) is 4. The highest BCUT2D eigenvalue weighted by molar-refractivity contribution is 5.41. The lowest BCUT2D eigenvalue weighted by molar-refractivity contribution is -0.141. The summed E-state index contributed by atoms with van der Waals surface area (Å²) in [6.07, 6.45) is -1.53. The van der Waals surface area contributed by atoms with E-state index in [9.17, 15) is 13.2 Å². The van der Waals surface area contributed by atoms with Crippen LogP contribution in [0.25, 0.3) is 0 Å². The van der Waals surface area contributed by atoms with E-state index in [1.54, 1.807) is 0 Å². The van der Waals surface area contributed by atoms with Crippen LogP contribution in [-0.2, 0) is 19.0 Å². The van der Waals surface area contributed by atoms with Crippen molar-refractivity contribution in [2.24, 2.45) is 0 Å². The van der Waals surface area contributed by atoms with Gasteiger partial charge in [0.1, 0.15) is 23.6 Å². The maximum absolute atomic E-state index is 12.8. The Morgan fingerprint density at radius 1 is 1.04 bits per heavy atom. The van der Waals surface area contributed by atoms with Crippen molar-refractivity contribution in [3.05, 3.63) is 47.4 Å². The van der Waals surface area contributed by atoms with E-state index in [1.807, 2.05) is 11.0 Å². The van der Waals surface area contributed by atoms with Crippen LogP contribution in [0.1, 0.15) is 16.8 Å². The standard InChI is InChI=1S/C19H21F3N4O/c20-19(21,22)17-12-18(24-13-23-17)26-8-6-25(7-9-26)5-3-14-1-2-16-15(11-14)4-10-27-16/h1-2,11-13H,3-10H2. The first-order valence-electron chi connectivity index (χ1n) is 9.10. The van der Waals surface area contributed by atoms with E-state index >= 15 is 0 Å². The molecule has 1 aromatic carbocycles. The zero-order valence-corrected chi connectivity index (χ0v) is 14.9. The second kappa shape index (κ2) is 7.34. The van der Waals surface area contributed by atoms with Gasteiger partial charge in [-0.1, -0.05) is 12.1 Å². The lowest BCUT2D eigenvalue weighted by Gasteiger charge is -2.35. The summed E-state index contributed by atoms with van der Waals surface area (Å²) in [5, 5.41) is 0. The normalized spacial score (nSPS) is 17.7. The molecule has 1 fully saturated rings. The van der Waals surface area contributed by atoms with Crippen molar-refractivity contribution >= 4 is 5.82 Å². The monoisotopic (exact) mass is 378 g/mol. The SMILES string of the molecule is FC(F)(F)c1cc(N2CCN(CCc3ccc4c(c3)CCO4)CC2)ncn1. The van der Waals surface area contributed by atoms with Crippen LogP contribution in [0.2, 0.25) is 0 Å². The molecule has 1 aromatic heterocycles. The average molecular weight is 378 g/mol. The maximum atomic E-state index is 12.8. The molecule has 0 bridgehead atoms. The Bertz CT molecular complexity index is 804. The van der Waals surface area contributed by atoms with Crippen LogP contribution in [-0.4, -0.2) is 54.2 Å². The molecule has 144 valence electrons. The average Bonchev–Trinajstić information content (AvgIpc) is 3.14. The molecular weight excluding hydrogens is 357 g/mol. The molecule has 2 aliphatic heterocycles. The van der Waals surface area contributed by atoms with E-state index in [2.05, 4.69) is 27.0 Å². The topological polar surface area (TPSA) is 41.5 Å². The minimum atomic E-state index is -4.44. The number of piperazine rings is 1. The number of anilines is 1. The Labute approximate surface area is 155 Å². The van der Waals surface area contributed by atoms with E-state index in [0.29, 0.717) is 18.9 Å². The summed E-state index contributed by atoms with van der Waals surface area (Å²) in [6.45, 7) is 4.63. The number of rotatable bonds is 4. The van der Waals surface area contributed by atoms with E-state index in [0.717, 1.165) is 57.2 Å². The first kappa shape index (κ1) is 18.0. The molecule has 2 aliphatic rings. The van der Waals surface area contributed by atoms with Gasteiger partial charge in [-0.15, -0.1) is 0 Å². The van der Waals surface area contributed by atoms with Gasteiger partial charge in [-0.3, -0.25) is 4.90 Å². The summed E-state index contributed by atoms with van der Waals surface area (Å²) in [5.74, 6) is 1.34. The van der Waals surface area contributed by atoms with Crippen molar-refractivity contribution < 1.29 is 17.9 Å². The third-order valence-electron chi connectivity index (χ3n) is 5.11. The van der Waals surface area contributed by atoms with Gasteiger partial charge >= 0.3 is 6.18 Å². The molecule has 0 radical (unpaired) electrons. The molecule has 3 heterocycles. The Kier molecular flexibility index (Phi) is 4.90. The minimum absolute atomic E-state index is 0.343. The fourth-order valence-corrected chi connectivity index (χ4v) is 3.56. The second-order valence-corrected chi connectivity index (χ2v) is 6.88. The number of ether oxygens (including phenoxy) is 1. The molecule has 27 heavy (non-hydrogen) atoms. The summed E-state index contributed by atoms with van der Waals surface area (Å²) >= 11 is 0. The third-order valence-corrected chi connectivity index (χ3v) is 5.11. The molecule has 0 saturated carbocycles. The number of halogens is 3. The quantitative estimate of drug-likeness (QED) is 0.819. The van der Waals surface area contributed by atoms with E-state index in [-0.39, 0.29) is 0 Å². The molecule has 4 rings (SSSR count). The largest absolute Gasteiger partial charge is 0.493 e. The van der Waals surface area contributed by atoms with E-state index in [4.69, 9.17) is 4.74 Å². The first-order valence-corrected chi connectivity index (χ1v) is 9.10. The maximum Gasteiger partial charge on any atom is 0.433 e. The molecule has 0 atom stereocenters. The number of hydrogen-bond acceptors (Lipinski definition) is 5. The Balaban J connectivity index is 1.30. The molecule has 0 aliphatic carbocycles. The van der Waals surface area contributed by atoms with Gasteiger partial charge < -0.3 is 9.64 Å². The zero-order valence-electron chi connectivity index (χ0n) is 14.9. The van der Waals surface area contributed by atoms with Crippen LogP contribution in [0.3, 0.4) is 0 Å².